The first-order chi connectivity index (χ1) is 10.1. The highest BCUT2D eigenvalue weighted by Crippen LogP contribution is 2.38. The zero-order valence-electron chi connectivity index (χ0n) is 12.7. The average molecular weight is 311 g/mol. The third-order valence-corrected chi connectivity index (χ3v) is 4.60. The normalized spacial score (nSPS) is 21.7. The number of anilines is 2. The maximum Gasteiger partial charge on any atom is 0.168 e. The van der Waals surface area contributed by atoms with Gasteiger partial charge in [0.05, 0.1) is 24.6 Å². The maximum atomic E-state index is 6.14. The minimum atomic E-state index is -0.295. The number of rotatable bonds is 3. The van der Waals surface area contributed by atoms with Crippen LogP contribution in [0.3, 0.4) is 0 Å². The van der Waals surface area contributed by atoms with Gasteiger partial charge in [-0.05, 0) is 31.0 Å². The fourth-order valence-corrected chi connectivity index (χ4v) is 3.39. The van der Waals surface area contributed by atoms with Crippen molar-refractivity contribution in [3.05, 3.63) is 23.2 Å². The Bertz CT molecular complexity index is 491. The third-order valence-electron chi connectivity index (χ3n) is 4.36. The van der Waals surface area contributed by atoms with Crippen LogP contribution in [0.5, 0.6) is 0 Å². The van der Waals surface area contributed by atoms with E-state index in [4.69, 9.17) is 21.1 Å². The smallest absolute Gasteiger partial charge is 0.168 e. The van der Waals surface area contributed by atoms with Gasteiger partial charge in [0, 0.05) is 38.0 Å². The molecular weight excluding hydrogens is 288 g/mol. The molecule has 1 heterocycles. The Morgan fingerprint density at radius 3 is 2.48 bits per heavy atom. The van der Waals surface area contributed by atoms with Crippen LogP contribution in [0, 0.1) is 0 Å². The van der Waals surface area contributed by atoms with Crippen LogP contribution in [-0.4, -0.2) is 39.1 Å². The van der Waals surface area contributed by atoms with Crippen LogP contribution >= 0.6 is 11.6 Å². The Kier molecular flexibility index (Phi) is 4.29. The first kappa shape index (κ1) is 14.9. The van der Waals surface area contributed by atoms with Crippen LogP contribution in [0.1, 0.15) is 25.7 Å². The minimum absolute atomic E-state index is 0.295. The van der Waals surface area contributed by atoms with Gasteiger partial charge in [-0.25, -0.2) is 0 Å². The summed E-state index contributed by atoms with van der Waals surface area (Å²) < 4.78 is 11.6. The van der Waals surface area contributed by atoms with E-state index in [1.807, 2.05) is 26.2 Å². The molecule has 4 nitrogen and oxygen atoms in total. The number of nitrogens with zero attached hydrogens (tertiary/aromatic N) is 1. The molecule has 1 aromatic carbocycles. The van der Waals surface area contributed by atoms with Gasteiger partial charge in [0.2, 0.25) is 0 Å². The van der Waals surface area contributed by atoms with Crippen molar-refractivity contribution in [2.45, 2.75) is 37.5 Å². The van der Waals surface area contributed by atoms with Crippen LogP contribution in [-0.2, 0) is 9.47 Å². The van der Waals surface area contributed by atoms with Crippen molar-refractivity contribution in [3.63, 3.8) is 0 Å². The van der Waals surface area contributed by atoms with Gasteiger partial charge in [0.1, 0.15) is 0 Å². The second-order valence-electron chi connectivity index (χ2n) is 6.08. The van der Waals surface area contributed by atoms with Crippen LogP contribution in [0.4, 0.5) is 11.4 Å². The molecule has 0 bridgehead atoms. The molecule has 1 saturated heterocycles. The monoisotopic (exact) mass is 310 g/mol. The zero-order chi connectivity index (χ0) is 14.9. The minimum Gasteiger partial charge on any atom is -0.381 e. The van der Waals surface area contributed by atoms with E-state index < -0.39 is 0 Å². The van der Waals surface area contributed by atoms with Gasteiger partial charge in [0.15, 0.2) is 5.79 Å². The second kappa shape index (κ2) is 6.03. The summed E-state index contributed by atoms with van der Waals surface area (Å²) in [5.74, 6) is -0.295. The SMILES string of the molecule is CN(C)c1ccc(Cl)cc1NC1CCC2(CC1)OCCO2. The van der Waals surface area contributed by atoms with Crippen molar-refractivity contribution in [1.82, 2.24) is 0 Å². The number of nitrogens with one attached hydrogen (secondary N) is 1. The van der Waals surface area contributed by atoms with Crippen LogP contribution in [0.15, 0.2) is 18.2 Å². The predicted molar refractivity (Wildman–Crippen MR) is 86.3 cm³/mol. The van der Waals surface area contributed by atoms with Gasteiger partial charge in [-0.2, -0.15) is 0 Å². The van der Waals surface area contributed by atoms with E-state index in [0.717, 1.165) is 55.3 Å². The molecule has 2 fully saturated rings. The summed E-state index contributed by atoms with van der Waals surface area (Å²) in [6.07, 6.45) is 4.03. The Labute approximate surface area is 131 Å². The molecule has 0 radical (unpaired) electrons. The number of halogens is 1. The number of hydrogen-bond donors (Lipinski definition) is 1. The van der Waals surface area contributed by atoms with E-state index in [0.29, 0.717) is 6.04 Å². The lowest BCUT2D eigenvalue weighted by atomic mass is 9.90. The van der Waals surface area contributed by atoms with Gasteiger partial charge >= 0.3 is 0 Å². The predicted octanol–water partition coefficient (Wildman–Crippen LogP) is 3.50. The van der Waals surface area contributed by atoms with Crippen LogP contribution in [0.25, 0.3) is 0 Å². The van der Waals surface area contributed by atoms with Gasteiger partial charge in [0.25, 0.3) is 0 Å². The fraction of sp³-hybridized carbons (Fsp3) is 0.625. The molecule has 0 unspecified atom stereocenters. The summed E-state index contributed by atoms with van der Waals surface area (Å²) >= 11 is 6.14. The molecule has 5 heteroatoms. The van der Waals surface area contributed by atoms with E-state index in [-0.39, 0.29) is 5.79 Å². The summed E-state index contributed by atoms with van der Waals surface area (Å²) in [7, 11) is 4.09. The van der Waals surface area contributed by atoms with Crippen molar-refractivity contribution in [1.29, 1.82) is 0 Å². The Morgan fingerprint density at radius 2 is 1.86 bits per heavy atom. The number of benzene rings is 1. The van der Waals surface area contributed by atoms with Crippen molar-refractivity contribution in [2.24, 2.45) is 0 Å². The molecule has 1 aliphatic heterocycles. The first-order valence-electron chi connectivity index (χ1n) is 7.59. The second-order valence-corrected chi connectivity index (χ2v) is 6.52. The standard InChI is InChI=1S/C16H23ClN2O2/c1-19(2)15-4-3-12(17)11-14(15)18-13-5-7-16(8-6-13)20-9-10-21-16/h3-4,11,13,18H,5-10H2,1-2H3. The quantitative estimate of drug-likeness (QED) is 0.926. The lowest BCUT2D eigenvalue weighted by Gasteiger charge is -2.36. The Morgan fingerprint density at radius 1 is 1.19 bits per heavy atom. The van der Waals surface area contributed by atoms with Gasteiger partial charge < -0.3 is 19.7 Å². The molecule has 0 amide bonds. The Balaban J connectivity index is 1.66. The summed E-state index contributed by atoms with van der Waals surface area (Å²) in [5.41, 5.74) is 2.26. The fourth-order valence-electron chi connectivity index (χ4n) is 3.22. The molecule has 3 rings (SSSR count). The molecule has 0 atom stereocenters. The van der Waals surface area contributed by atoms with Crippen molar-refractivity contribution >= 4 is 23.0 Å². The van der Waals surface area contributed by atoms with Gasteiger partial charge in [-0.3, -0.25) is 0 Å². The van der Waals surface area contributed by atoms with Crippen molar-refractivity contribution < 1.29 is 9.47 Å². The molecule has 1 aromatic rings. The molecule has 21 heavy (non-hydrogen) atoms. The van der Waals surface area contributed by atoms with E-state index >= 15 is 0 Å². The molecule has 0 aromatic heterocycles. The first-order valence-corrected chi connectivity index (χ1v) is 7.97. The highest BCUT2D eigenvalue weighted by Gasteiger charge is 2.40. The lowest BCUT2D eigenvalue weighted by molar-refractivity contribution is -0.177. The molecule has 1 N–H and O–H groups in total. The number of hydrogen-bond acceptors (Lipinski definition) is 4. The summed E-state index contributed by atoms with van der Waals surface area (Å²) in [6, 6.07) is 6.43. The lowest BCUT2D eigenvalue weighted by Crippen LogP contribution is -2.39. The van der Waals surface area contributed by atoms with Crippen molar-refractivity contribution in [2.75, 3.05) is 37.5 Å². The van der Waals surface area contributed by atoms with E-state index in [9.17, 15) is 0 Å². The van der Waals surface area contributed by atoms with Crippen molar-refractivity contribution in [3.8, 4) is 0 Å². The van der Waals surface area contributed by atoms with Gasteiger partial charge in [-0.15, -0.1) is 0 Å². The third kappa shape index (κ3) is 3.28. The summed E-state index contributed by atoms with van der Waals surface area (Å²) in [6.45, 7) is 1.47. The molecule has 1 saturated carbocycles. The van der Waals surface area contributed by atoms with E-state index in [1.165, 1.54) is 0 Å². The topological polar surface area (TPSA) is 33.7 Å². The number of ether oxygens (including phenoxy) is 2. The summed E-state index contributed by atoms with van der Waals surface area (Å²) in [5, 5.41) is 4.40. The van der Waals surface area contributed by atoms with Gasteiger partial charge in [-0.1, -0.05) is 11.6 Å². The maximum absolute atomic E-state index is 6.14. The molecule has 116 valence electrons. The van der Waals surface area contributed by atoms with E-state index in [2.05, 4.69) is 16.3 Å². The average Bonchev–Trinajstić information content (AvgIpc) is 2.90. The van der Waals surface area contributed by atoms with Crippen LogP contribution in [0.2, 0.25) is 5.02 Å². The molecular formula is C16H23ClN2O2. The zero-order valence-corrected chi connectivity index (χ0v) is 13.4. The summed E-state index contributed by atoms with van der Waals surface area (Å²) in [4.78, 5) is 2.10. The van der Waals surface area contributed by atoms with E-state index in [1.54, 1.807) is 0 Å². The largest absolute Gasteiger partial charge is 0.381 e. The van der Waals surface area contributed by atoms with Crippen LogP contribution < -0.4 is 10.2 Å². The Hall–Kier alpha value is -0.970. The molecule has 1 spiro atoms. The highest BCUT2D eigenvalue weighted by molar-refractivity contribution is 6.31. The molecule has 1 aliphatic carbocycles. The molecule has 2 aliphatic rings. The highest BCUT2D eigenvalue weighted by atomic mass is 35.5.